The van der Waals surface area contributed by atoms with Gasteiger partial charge in [-0.15, -0.1) is 0 Å². The van der Waals surface area contributed by atoms with Crippen molar-refractivity contribution in [3.05, 3.63) is 71.3 Å². The van der Waals surface area contributed by atoms with Gasteiger partial charge in [-0.05, 0) is 74.6 Å². The second-order valence-corrected chi connectivity index (χ2v) is 8.87. The third-order valence-electron chi connectivity index (χ3n) is 4.86. The van der Waals surface area contributed by atoms with Gasteiger partial charge in [-0.1, -0.05) is 66.6 Å². The predicted octanol–water partition coefficient (Wildman–Crippen LogP) is 6.64. The molecule has 28 heavy (non-hydrogen) atoms. The first-order valence-electron chi connectivity index (χ1n) is 9.95. The first-order valence-corrected chi connectivity index (χ1v) is 9.95. The molecule has 0 heterocycles. The normalized spacial score (nSPS) is 12.8. The van der Waals surface area contributed by atoms with E-state index in [1.54, 1.807) is 0 Å². The molecular weight excluding hydrogens is 344 g/mol. The summed E-state index contributed by atoms with van der Waals surface area (Å²) in [5, 5.41) is 2.40. The van der Waals surface area contributed by atoms with Gasteiger partial charge in [0.25, 0.3) is 0 Å². The van der Waals surface area contributed by atoms with Crippen LogP contribution in [0.4, 0.5) is 0 Å². The summed E-state index contributed by atoms with van der Waals surface area (Å²) in [6, 6.07) is 19.6. The molecule has 1 unspecified atom stereocenters. The van der Waals surface area contributed by atoms with Crippen LogP contribution in [0.2, 0.25) is 0 Å². The molecule has 0 N–H and O–H groups in total. The molecule has 3 rings (SSSR count). The summed E-state index contributed by atoms with van der Waals surface area (Å²) >= 11 is 0. The maximum absolute atomic E-state index is 12.4. The lowest BCUT2D eigenvalue weighted by Crippen LogP contribution is -2.28. The van der Waals surface area contributed by atoms with E-state index in [9.17, 15) is 4.79 Å². The van der Waals surface area contributed by atoms with Gasteiger partial charge in [-0.3, -0.25) is 4.79 Å². The van der Waals surface area contributed by atoms with Crippen LogP contribution in [0.25, 0.3) is 21.9 Å². The van der Waals surface area contributed by atoms with Gasteiger partial charge >= 0.3 is 5.97 Å². The Morgan fingerprint density at radius 2 is 1.61 bits per heavy atom. The van der Waals surface area contributed by atoms with Gasteiger partial charge in [0, 0.05) is 0 Å². The summed E-state index contributed by atoms with van der Waals surface area (Å²) in [4.78, 5) is 12.4. The molecule has 2 heteroatoms. The monoisotopic (exact) mass is 374 g/mol. The van der Waals surface area contributed by atoms with E-state index in [2.05, 4.69) is 68.4 Å². The fraction of sp³-hybridized carbons (Fsp3) is 0.346. The standard InChI is InChI=1S/C26H30O2/c1-17-12-18(2)14-23(13-17)20-10-11-24-21(8-7-9-22(24)16-20)15-19(3)25(27)28-26(4,5)6/h7-14,16,19H,15H2,1-6H3. The van der Waals surface area contributed by atoms with E-state index >= 15 is 0 Å². The lowest BCUT2D eigenvalue weighted by atomic mass is 9.93. The average molecular weight is 375 g/mol. The van der Waals surface area contributed by atoms with Gasteiger partial charge in [0.1, 0.15) is 5.60 Å². The van der Waals surface area contributed by atoms with Gasteiger partial charge in [-0.2, -0.15) is 0 Å². The Morgan fingerprint density at radius 1 is 0.929 bits per heavy atom. The molecule has 0 aliphatic rings. The Kier molecular flexibility index (Phi) is 5.60. The second-order valence-electron chi connectivity index (χ2n) is 8.87. The molecule has 0 fully saturated rings. The van der Waals surface area contributed by atoms with Gasteiger partial charge in [0.05, 0.1) is 5.92 Å². The molecule has 0 aliphatic heterocycles. The van der Waals surface area contributed by atoms with Crippen LogP contribution in [-0.4, -0.2) is 11.6 Å². The van der Waals surface area contributed by atoms with Crippen molar-refractivity contribution in [3.63, 3.8) is 0 Å². The zero-order chi connectivity index (χ0) is 20.5. The van der Waals surface area contributed by atoms with E-state index in [-0.39, 0.29) is 11.9 Å². The lowest BCUT2D eigenvalue weighted by molar-refractivity contribution is -0.159. The Labute approximate surface area is 168 Å². The summed E-state index contributed by atoms with van der Waals surface area (Å²) in [6.45, 7) is 11.9. The smallest absolute Gasteiger partial charge is 0.309 e. The van der Waals surface area contributed by atoms with Crippen molar-refractivity contribution in [2.45, 2.75) is 53.6 Å². The SMILES string of the molecule is Cc1cc(C)cc(-c2ccc3c(CC(C)C(=O)OC(C)(C)C)cccc3c2)c1. The number of benzene rings is 3. The van der Waals surface area contributed by atoms with Gasteiger partial charge in [-0.25, -0.2) is 0 Å². The van der Waals surface area contributed by atoms with E-state index < -0.39 is 5.60 Å². The highest BCUT2D eigenvalue weighted by atomic mass is 16.6. The lowest BCUT2D eigenvalue weighted by Gasteiger charge is -2.22. The zero-order valence-electron chi connectivity index (χ0n) is 17.8. The number of rotatable bonds is 4. The highest BCUT2D eigenvalue weighted by Gasteiger charge is 2.22. The minimum atomic E-state index is -0.453. The summed E-state index contributed by atoms with van der Waals surface area (Å²) in [6.07, 6.45) is 0.676. The molecule has 0 bridgehead atoms. The fourth-order valence-electron chi connectivity index (χ4n) is 3.67. The van der Waals surface area contributed by atoms with Crippen molar-refractivity contribution in [1.29, 1.82) is 0 Å². The Balaban J connectivity index is 1.90. The minimum absolute atomic E-state index is 0.142. The van der Waals surface area contributed by atoms with Crippen molar-refractivity contribution in [2.75, 3.05) is 0 Å². The molecule has 0 amide bonds. The number of hydrogen-bond acceptors (Lipinski definition) is 2. The van der Waals surface area contributed by atoms with Gasteiger partial charge in [0.2, 0.25) is 0 Å². The summed E-state index contributed by atoms with van der Waals surface area (Å²) in [5.41, 5.74) is 5.74. The number of esters is 1. The van der Waals surface area contributed by atoms with Gasteiger partial charge < -0.3 is 4.74 Å². The first-order chi connectivity index (χ1) is 13.1. The molecule has 0 aliphatic carbocycles. The molecule has 2 nitrogen and oxygen atoms in total. The van der Waals surface area contributed by atoms with Crippen molar-refractivity contribution < 1.29 is 9.53 Å². The van der Waals surface area contributed by atoms with Crippen LogP contribution < -0.4 is 0 Å². The van der Waals surface area contributed by atoms with Gasteiger partial charge in [0.15, 0.2) is 0 Å². The third kappa shape index (κ3) is 4.81. The molecule has 146 valence electrons. The van der Waals surface area contributed by atoms with Crippen molar-refractivity contribution in [1.82, 2.24) is 0 Å². The Morgan fingerprint density at radius 3 is 2.25 bits per heavy atom. The summed E-state index contributed by atoms with van der Waals surface area (Å²) in [5.74, 6) is -0.319. The minimum Gasteiger partial charge on any atom is -0.460 e. The molecule has 0 aromatic heterocycles. The van der Waals surface area contributed by atoms with Crippen LogP contribution >= 0.6 is 0 Å². The van der Waals surface area contributed by atoms with Crippen molar-refractivity contribution in [2.24, 2.45) is 5.92 Å². The third-order valence-corrected chi connectivity index (χ3v) is 4.86. The Bertz CT molecular complexity index is 988. The maximum Gasteiger partial charge on any atom is 0.309 e. The molecule has 0 saturated carbocycles. The zero-order valence-corrected chi connectivity index (χ0v) is 17.8. The highest BCUT2D eigenvalue weighted by molar-refractivity contribution is 5.90. The molecule has 0 radical (unpaired) electrons. The molecule has 3 aromatic carbocycles. The van der Waals surface area contributed by atoms with E-state index in [4.69, 9.17) is 4.74 Å². The maximum atomic E-state index is 12.4. The largest absolute Gasteiger partial charge is 0.460 e. The number of fused-ring (bicyclic) bond motifs is 1. The fourth-order valence-corrected chi connectivity index (χ4v) is 3.67. The molecule has 0 saturated heterocycles. The predicted molar refractivity (Wildman–Crippen MR) is 118 cm³/mol. The van der Waals surface area contributed by atoms with E-state index in [0.29, 0.717) is 6.42 Å². The molecular formula is C26H30O2. The highest BCUT2D eigenvalue weighted by Crippen LogP contribution is 2.29. The topological polar surface area (TPSA) is 26.3 Å². The number of hydrogen-bond donors (Lipinski definition) is 0. The number of aryl methyl sites for hydroxylation is 2. The van der Waals surface area contributed by atoms with Crippen LogP contribution in [0.3, 0.4) is 0 Å². The number of carbonyl (C=O) groups excluding carboxylic acids is 1. The van der Waals surface area contributed by atoms with Crippen molar-refractivity contribution in [3.8, 4) is 11.1 Å². The van der Waals surface area contributed by atoms with Crippen molar-refractivity contribution >= 4 is 16.7 Å². The van der Waals surface area contributed by atoms with E-state index in [0.717, 1.165) is 0 Å². The van der Waals surface area contributed by atoms with E-state index in [1.165, 1.54) is 38.6 Å². The van der Waals surface area contributed by atoms with Crippen LogP contribution in [0.1, 0.15) is 44.4 Å². The summed E-state index contributed by atoms with van der Waals surface area (Å²) in [7, 11) is 0. The number of carbonyl (C=O) groups is 1. The molecule has 1 atom stereocenters. The summed E-state index contributed by atoms with van der Waals surface area (Å²) < 4.78 is 5.54. The van der Waals surface area contributed by atoms with Crippen LogP contribution in [0.5, 0.6) is 0 Å². The molecule has 0 spiro atoms. The van der Waals surface area contributed by atoms with Crippen LogP contribution in [0.15, 0.2) is 54.6 Å². The quantitative estimate of drug-likeness (QED) is 0.478. The van der Waals surface area contributed by atoms with E-state index in [1.807, 2.05) is 27.7 Å². The van der Waals surface area contributed by atoms with Crippen LogP contribution in [0, 0.1) is 19.8 Å². The Hall–Kier alpha value is -2.61. The average Bonchev–Trinajstić information content (AvgIpc) is 2.59. The van der Waals surface area contributed by atoms with Crippen LogP contribution in [-0.2, 0) is 16.0 Å². The first kappa shape index (κ1) is 20.1. The number of ether oxygens (including phenoxy) is 1. The second kappa shape index (κ2) is 7.79. The molecule has 3 aromatic rings.